The Morgan fingerprint density at radius 1 is 1.14 bits per heavy atom. The van der Waals surface area contributed by atoms with Gasteiger partial charge in [0.25, 0.3) is 0 Å². The molecular weight excluding hydrogens is 274 g/mol. The number of esters is 1. The number of nitrogens with zero attached hydrogens (tertiary/aromatic N) is 2. The number of rotatable bonds is 10. The summed E-state index contributed by atoms with van der Waals surface area (Å²) in [5.41, 5.74) is 0. The smallest absolute Gasteiger partial charge is 0.306 e. The molecule has 0 spiro atoms. The van der Waals surface area contributed by atoms with Crippen LogP contribution in [0.2, 0.25) is 0 Å². The van der Waals surface area contributed by atoms with Crippen LogP contribution in [0.15, 0.2) is 0 Å². The fraction of sp³-hybridized carbons (Fsp3) is 0.786. The molecule has 1 N–H and O–H groups in total. The number of hydrogen-bond donors (Lipinski definition) is 1. The Hall–Kier alpha value is -1.63. The lowest BCUT2D eigenvalue weighted by Crippen LogP contribution is -2.43. The minimum atomic E-state index is -0.298. The van der Waals surface area contributed by atoms with E-state index in [9.17, 15) is 14.4 Å². The van der Waals surface area contributed by atoms with E-state index in [0.29, 0.717) is 19.6 Å². The largest absolute Gasteiger partial charge is 0.469 e. The van der Waals surface area contributed by atoms with Gasteiger partial charge in [-0.3, -0.25) is 19.3 Å². The average Bonchev–Trinajstić information content (AvgIpc) is 2.48. The predicted molar refractivity (Wildman–Crippen MR) is 79.7 cm³/mol. The molecule has 0 aliphatic carbocycles. The number of carbonyl (C=O) groups is 3. The van der Waals surface area contributed by atoms with E-state index in [0.717, 1.165) is 6.42 Å². The van der Waals surface area contributed by atoms with Gasteiger partial charge in [0.2, 0.25) is 11.8 Å². The van der Waals surface area contributed by atoms with Crippen LogP contribution in [0.1, 0.15) is 26.7 Å². The van der Waals surface area contributed by atoms with E-state index in [1.807, 2.05) is 18.7 Å². The maximum absolute atomic E-state index is 12.0. The highest BCUT2D eigenvalue weighted by Crippen LogP contribution is 1.96. The molecule has 0 saturated carbocycles. The summed E-state index contributed by atoms with van der Waals surface area (Å²) in [6, 6.07) is 0. The van der Waals surface area contributed by atoms with Crippen molar-refractivity contribution in [1.82, 2.24) is 15.1 Å². The first kappa shape index (κ1) is 19.4. The number of amides is 2. The van der Waals surface area contributed by atoms with Crippen LogP contribution in [0, 0.1) is 0 Å². The molecule has 0 aliphatic heterocycles. The van der Waals surface area contributed by atoms with Crippen molar-refractivity contribution in [2.75, 3.05) is 46.9 Å². The molecule has 0 radical (unpaired) electrons. The second kappa shape index (κ2) is 11.1. The van der Waals surface area contributed by atoms with E-state index in [4.69, 9.17) is 0 Å². The lowest BCUT2D eigenvalue weighted by molar-refractivity contribution is -0.141. The predicted octanol–water partition coefficient (Wildman–Crippen LogP) is -0.144. The third-order valence-corrected chi connectivity index (χ3v) is 3.04. The van der Waals surface area contributed by atoms with Gasteiger partial charge in [-0.2, -0.15) is 0 Å². The summed E-state index contributed by atoms with van der Waals surface area (Å²) in [6.07, 6.45) is 1.11. The Balaban J connectivity index is 4.17. The van der Waals surface area contributed by atoms with E-state index < -0.39 is 0 Å². The highest BCUT2D eigenvalue weighted by atomic mass is 16.5. The molecule has 0 fully saturated rings. The number of nitrogens with one attached hydrogen (secondary N) is 1. The van der Waals surface area contributed by atoms with Crippen LogP contribution in [0.25, 0.3) is 0 Å². The first-order chi connectivity index (χ1) is 9.94. The normalized spacial score (nSPS) is 10.3. The zero-order chi connectivity index (χ0) is 16.3. The van der Waals surface area contributed by atoms with Crippen LogP contribution in [0.4, 0.5) is 0 Å². The van der Waals surface area contributed by atoms with Gasteiger partial charge in [0, 0.05) is 20.1 Å². The maximum atomic E-state index is 12.0. The van der Waals surface area contributed by atoms with E-state index in [1.165, 1.54) is 12.0 Å². The number of carbonyl (C=O) groups excluding carboxylic acids is 3. The molecule has 0 aromatic carbocycles. The highest BCUT2D eigenvalue weighted by molar-refractivity contribution is 5.85. The van der Waals surface area contributed by atoms with Crippen molar-refractivity contribution in [3.05, 3.63) is 0 Å². The van der Waals surface area contributed by atoms with Crippen molar-refractivity contribution in [2.24, 2.45) is 0 Å². The standard InChI is InChI=1S/C14H27N3O4/c1-5-8-15-12(18)10-16(3)13(19)11-17(6-2)9-7-14(20)21-4/h5-11H2,1-4H3,(H,15,18). The molecule has 0 rings (SSSR count). The van der Waals surface area contributed by atoms with Gasteiger partial charge >= 0.3 is 5.97 Å². The molecule has 7 heteroatoms. The number of ether oxygens (including phenoxy) is 1. The van der Waals surface area contributed by atoms with Gasteiger partial charge in [-0.05, 0) is 13.0 Å². The second-order valence-corrected chi connectivity index (χ2v) is 4.79. The molecule has 2 amide bonds. The lowest BCUT2D eigenvalue weighted by atomic mass is 10.3. The highest BCUT2D eigenvalue weighted by Gasteiger charge is 2.16. The van der Waals surface area contributed by atoms with Crippen LogP contribution in [-0.2, 0) is 19.1 Å². The second-order valence-electron chi connectivity index (χ2n) is 4.79. The van der Waals surface area contributed by atoms with Gasteiger partial charge in [-0.25, -0.2) is 0 Å². The molecule has 21 heavy (non-hydrogen) atoms. The van der Waals surface area contributed by atoms with E-state index in [1.54, 1.807) is 7.05 Å². The van der Waals surface area contributed by atoms with Gasteiger partial charge in [-0.1, -0.05) is 13.8 Å². The lowest BCUT2D eigenvalue weighted by Gasteiger charge is -2.23. The monoisotopic (exact) mass is 301 g/mol. The summed E-state index contributed by atoms with van der Waals surface area (Å²) in [6.45, 7) is 5.84. The summed E-state index contributed by atoms with van der Waals surface area (Å²) in [5, 5.41) is 2.73. The SMILES string of the molecule is CCCNC(=O)CN(C)C(=O)CN(CC)CCC(=O)OC. The average molecular weight is 301 g/mol. The summed E-state index contributed by atoms with van der Waals surface area (Å²) < 4.78 is 4.57. The van der Waals surface area contributed by atoms with Crippen molar-refractivity contribution >= 4 is 17.8 Å². The first-order valence-electron chi connectivity index (χ1n) is 7.24. The van der Waals surface area contributed by atoms with Gasteiger partial charge in [0.15, 0.2) is 0 Å². The molecule has 0 unspecified atom stereocenters. The molecule has 0 atom stereocenters. The Morgan fingerprint density at radius 3 is 2.33 bits per heavy atom. The van der Waals surface area contributed by atoms with Crippen LogP contribution in [-0.4, -0.2) is 74.5 Å². The van der Waals surface area contributed by atoms with E-state index in [2.05, 4.69) is 10.1 Å². The van der Waals surface area contributed by atoms with Crippen LogP contribution in [0.5, 0.6) is 0 Å². The van der Waals surface area contributed by atoms with Gasteiger partial charge < -0.3 is 15.0 Å². The molecule has 0 aliphatic rings. The Kier molecular flexibility index (Phi) is 10.2. The molecular formula is C14H27N3O4. The number of methoxy groups -OCH3 is 1. The number of likely N-dealkylation sites (N-methyl/N-ethyl adjacent to an activating group) is 2. The van der Waals surface area contributed by atoms with Crippen molar-refractivity contribution in [2.45, 2.75) is 26.7 Å². The zero-order valence-corrected chi connectivity index (χ0v) is 13.5. The molecule has 0 saturated heterocycles. The fourth-order valence-electron chi connectivity index (χ4n) is 1.64. The molecule has 0 aromatic rings. The fourth-order valence-corrected chi connectivity index (χ4v) is 1.64. The van der Waals surface area contributed by atoms with Crippen molar-refractivity contribution in [1.29, 1.82) is 0 Å². The Labute approximate surface area is 126 Å². The molecule has 122 valence electrons. The Morgan fingerprint density at radius 2 is 1.81 bits per heavy atom. The van der Waals surface area contributed by atoms with Crippen LogP contribution >= 0.6 is 0 Å². The Bertz CT molecular complexity index is 347. The first-order valence-corrected chi connectivity index (χ1v) is 7.24. The van der Waals surface area contributed by atoms with Crippen LogP contribution in [0.3, 0.4) is 0 Å². The summed E-state index contributed by atoms with van der Waals surface area (Å²) in [7, 11) is 2.94. The van der Waals surface area contributed by atoms with Crippen molar-refractivity contribution in [3.63, 3.8) is 0 Å². The third-order valence-electron chi connectivity index (χ3n) is 3.04. The molecule has 0 aromatic heterocycles. The van der Waals surface area contributed by atoms with Crippen molar-refractivity contribution in [3.8, 4) is 0 Å². The zero-order valence-electron chi connectivity index (χ0n) is 13.5. The van der Waals surface area contributed by atoms with Gasteiger partial charge in [-0.15, -0.1) is 0 Å². The maximum Gasteiger partial charge on any atom is 0.306 e. The summed E-state index contributed by atoms with van der Waals surface area (Å²) >= 11 is 0. The minimum absolute atomic E-state index is 0.0490. The van der Waals surface area contributed by atoms with Crippen molar-refractivity contribution < 1.29 is 19.1 Å². The van der Waals surface area contributed by atoms with E-state index in [-0.39, 0.29) is 37.3 Å². The third kappa shape index (κ3) is 9.01. The topological polar surface area (TPSA) is 79.0 Å². The number of hydrogen-bond acceptors (Lipinski definition) is 5. The molecule has 7 nitrogen and oxygen atoms in total. The molecule has 0 heterocycles. The van der Waals surface area contributed by atoms with Gasteiger partial charge in [0.1, 0.15) is 0 Å². The van der Waals surface area contributed by atoms with Gasteiger partial charge in [0.05, 0.1) is 26.6 Å². The quantitative estimate of drug-likeness (QED) is 0.568. The van der Waals surface area contributed by atoms with Crippen LogP contribution < -0.4 is 5.32 Å². The minimum Gasteiger partial charge on any atom is -0.469 e. The molecule has 0 bridgehead atoms. The summed E-state index contributed by atoms with van der Waals surface area (Å²) in [4.78, 5) is 37.9. The van der Waals surface area contributed by atoms with E-state index >= 15 is 0 Å². The summed E-state index contributed by atoms with van der Waals surface area (Å²) in [5.74, 6) is -0.605.